The smallest absolute Gasteiger partial charge is 0.261 e. The summed E-state index contributed by atoms with van der Waals surface area (Å²) in [6, 6.07) is 12.6. The first-order valence-electron chi connectivity index (χ1n) is 9.48. The van der Waals surface area contributed by atoms with Gasteiger partial charge in [-0.15, -0.1) is 11.3 Å². The summed E-state index contributed by atoms with van der Waals surface area (Å²) in [5, 5.41) is 3.81. The van der Waals surface area contributed by atoms with Gasteiger partial charge in [-0.3, -0.25) is 9.78 Å². The highest BCUT2D eigenvalue weighted by Gasteiger charge is 2.21. The van der Waals surface area contributed by atoms with Crippen molar-refractivity contribution < 1.29 is 17.6 Å². The lowest BCUT2D eigenvalue weighted by Crippen LogP contribution is -2.21. The molecular weight excluding hydrogens is 435 g/mol. The van der Waals surface area contributed by atoms with Gasteiger partial charge in [0.2, 0.25) is 9.84 Å². The van der Waals surface area contributed by atoms with E-state index in [1.165, 1.54) is 42.5 Å². The van der Waals surface area contributed by atoms with E-state index in [4.69, 9.17) is 0 Å². The lowest BCUT2D eigenvalue weighted by atomic mass is 10.1. The van der Waals surface area contributed by atoms with Crippen molar-refractivity contribution >= 4 is 37.2 Å². The number of thiophene rings is 1. The van der Waals surface area contributed by atoms with Crippen LogP contribution in [0.2, 0.25) is 0 Å². The van der Waals surface area contributed by atoms with E-state index in [1.54, 1.807) is 31.5 Å². The zero-order valence-corrected chi connectivity index (χ0v) is 18.5. The number of carbonyl (C=O) groups excluding carboxylic acids is 1. The summed E-state index contributed by atoms with van der Waals surface area (Å²) in [6.45, 7) is 3.37. The van der Waals surface area contributed by atoms with E-state index in [0.29, 0.717) is 10.4 Å². The van der Waals surface area contributed by atoms with Crippen LogP contribution in [0.25, 0.3) is 10.1 Å². The predicted molar refractivity (Wildman–Crippen MR) is 119 cm³/mol. The number of hydrogen-bond donors (Lipinski definition) is 1. The monoisotopic (exact) mass is 454 g/mol. The number of aromatic nitrogens is 1. The number of aryl methyl sites for hydroxylation is 2. The number of hydrogen-bond acceptors (Lipinski definition) is 5. The number of pyridine rings is 1. The second-order valence-corrected chi connectivity index (χ2v) is 10.2. The molecule has 1 N–H and O–H groups in total. The van der Waals surface area contributed by atoms with Gasteiger partial charge in [-0.2, -0.15) is 0 Å². The number of fused-ring (bicyclic) bond motifs is 1. The molecule has 5 nitrogen and oxygen atoms in total. The molecule has 4 rings (SSSR count). The van der Waals surface area contributed by atoms with E-state index in [2.05, 4.69) is 10.3 Å². The second kappa shape index (κ2) is 8.20. The molecule has 8 heteroatoms. The van der Waals surface area contributed by atoms with Gasteiger partial charge in [0.05, 0.1) is 19.4 Å². The highest BCUT2D eigenvalue weighted by atomic mass is 32.2. The van der Waals surface area contributed by atoms with Gasteiger partial charge in [-0.05, 0) is 72.3 Å². The Hall–Kier alpha value is -3.10. The lowest BCUT2D eigenvalue weighted by molar-refractivity contribution is 0.0955. The third kappa shape index (κ3) is 4.22. The van der Waals surface area contributed by atoms with Crippen LogP contribution in [0, 0.1) is 19.7 Å². The fraction of sp³-hybridized carbons (Fsp3) is 0.130. The van der Waals surface area contributed by atoms with Crippen LogP contribution in [0.4, 0.5) is 4.39 Å². The Morgan fingerprint density at radius 1 is 1.06 bits per heavy atom. The van der Waals surface area contributed by atoms with Crippen LogP contribution in [0.15, 0.2) is 70.7 Å². The number of benzene rings is 2. The maximum absolute atomic E-state index is 13.7. The zero-order chi connectivity index (χ0) is 22.2. The molecule has 0 aliphatic heterocycles. The van der Waals surface area contributed by atoms with Crippen LogP contribution in [0.5, 0.6) is 0 Å². The molecule has 0 saturated carbocycles. The fourth-order valence-electron chi connectivity index (χ4n) is 3.22. The van der Waals surface area contributed by atoms with Gasteiger partial charge in [0.15, 0.2) is 0 Å². The molecular formula is C23H19FN2O3S2. The first kappa shape index (κ1) is 21.1. The molecule has 2 aromatic heterocycles. The maximum Gasteiger partial charge on any atom is 0.261 e. The Morgan fingerprint density at radius 3 is 2.52 bits per heavy atom. The maximum atomic E-state index is 13.7. The SMILES string of the molecule is Cc1cc(S(=O)(=O)c2ccc(CNC(=O)c3cc4ccncc4s3)cc2)c(C)cc1F. The van der Waals surface area contributed by atoms with Gasteiger partial charge < -0.3 is 5.32 Å². The molecule has 0 aliphatic rings. The van der Waals surface area contributed by atoms with Crippen molar-refractivity contribution in [3.63, 3.8) is 0 Å². The molecule has 0 atom stereocenters. The molecule has 0 spiro atoms. The van der Waals surface area contributed by atoms with Crippen molar-refractivity contribution in [1.82, 2.24) is 10.3 Å². The summed E-state index contributed by atoms with van der Waals surface area (Å²) in [6.07, 6.45) is 3.40. The summed E-state index contributed by atoms with van der Waals surface area (Å²) in [7, 11) is -3.77. The van der Waals surface area contributed by atoms with Gasteiger partial charge in [0, 0.05) is 18.9 Å². The number of rotatable bonds is 5. The minimum Gasteiger partial charge on any atom is -0.347 e. The van der Waals surface area contributed by atoms with E-state index in [1.807, 2.05) is 12.1 Å². The molecule has 0 unspecified atom stereocenters. The molecule has 2 aromatic carbocycles. The van der Waals surface area contributed by atoms with E-state index in [0.717, 1.165) is 15.6 Å². The molecule has 158 valence electrons. The van der Waals surface area contributed by atoms with Gasteiger partial charge >= 0.3 is 0 Å². The van der Waals surface area contributed by atoms with Gasteiger partial charge in [0.1, 0.15) is 5.82 Å². The quantitative estimate of drug-likeness (QED) is 0.439. The van der Waals surface area contributed by atoms with Crippen molar-refractivity contribution in [2.75, 3.05) is 0 Å². The predicted octanol–water partition coefficient (Wildman–Crippen LogP) is 4.82. The first-order valence-corrected chi connectivity index (χ1v) is 11.8. The van der Waals surface area contributed by atoms with Crippen molar-refractivity contribution in [3.05, 3.63) is 88.3 Å². The molecule has 31 heavy (non-hydrogen) atoms. The summed E-state index contributed by atoms with van der Waals surface area (Å²) >= 11 is 1.37. The van der Waals surface area contributed by atoms with E-state index in [-0.39, 0.29) is 27.8 Å². The first-order chi connectivity index (χ1) is 14.8. The van der Waals surface area contributed by atoms with Crippen LogP contribution in [0.3, 0.4) is 0 Å². The fourth-order valence-corrected chi connectivity index (χ4v) is 5.73. The third-order valence-electron chi connectivity index (χ3n) is 4.98. The normalized spacial score (nSPS) is 11.6. The highest BCUT2D eigenvalue weighted by molar-refractivity contribution is 7.91. The summed E-state index contributed by atoms with van der Waals surface area (Å²) < 4.78 is 40.6. The Morgan fingerprint density at radius 2 is 1.81 bits per heavy atom. The Labute approximate surface area is 183 Å². The number of halogens is 1. The van der Waals surface area contributed by atoms with Gasteiger partial charge in [0.25, 0.3) is 5.91 Å². The summed E-state index contributed by atoms with van der Waals surface area (Å²) in [5.74, 6) is -0.632. The van der Waals surface area contributed by atoms with E-state index >= 15 is 0 Å². The van der Waals surface area contributed by atoms with Crippen molar-refractivity contribution in [2.24, 2.45) is 0 Å². The van der Waals surface area contributed by atoms with Crippen LogP contribution in [0.1, 0.15) is 26.4 Å². The minimum absolute atomic E-state index is 0.0895. The molecule has 0 fully saturated rings. The Kier molecular flexibility index (Phi) is 5.60. The topological polar surface area (TPSA) is 76.1 Å². The molecule has 2 heterocycles. The standard InChI is InChI=1S/C23H19FN2O3S2/c1-14-10-22(15(2)9-19(14)24)31(28,29)18-5-3-16(4-6-18)12-26-23(27)20-11-17-7-8-25-13-21(17)30-20/h3-11,13H,12H2,1-2H3,(H,26,27). The van der Waals surface area contributed by atoms with Crippen LogP contribution >= 0.6 is 11.3 Å². The average Bonchev–Trinajstić information content (AvgIpc) is 3.19. The number of amides is 1. The van der Waals surface area contributed by atoms with E-state index < -0.39 is 15.7 Å². The van der Waals surface area contributed by atoms with Gasteiger partial charge in [-0.25, -0.2) is 12.8 Å². The molecule has 0 radical (unpaired) electrons. The molecule has 4 aromatic rings. The number of nitrogens with one attached hydrogen (secondary N) is 1. The molecule has 0 aliphatic carbocycles. The van der Waals surface area contributed by atoms with Crippen molar-refractivity contribution in [3.8, 4) is 0 Å². The van der Waals surface area contributed by atoms with Crippen LogP contribution in [-0.2, 0) is 16.4 Å². The van der Waals surface area contributed by atoms with Crippen molar-refractivity contribution in [1.29, 1.82) is 0 Å². The Bertz CT molecular complexity index is 1360. The minimum atomic E-state index is -3.77. The second-order valence-electron chi connectivity index (χ2n) is 7.22. The van der Waals surface area contributed by atoms with Gasteiger partial charge in [-0.1, -0.05) is 12.1 Å². The molecule has 0 bridgehead atoms. The molecule has 1 amide bonds. The number of sulfone groups is 1. The van der Waals surface area contributed by atoms with E-state index in [9.17, 15) is 17.6 Å². The Balaban J connectivity index is 1.49. The average molecular weight is 455 g/mol. The largest absolute Gasteiger partial charge is 0.347 e. The lowest BCUT2D eigenvalue weighted by Gasteiger charge is -2.11. The number of carbonyl (C=O) groups is 1. The van der Waals surface area contributed by atoms with Crippen LogP contribution < -0.4 is 5.32 Å². The highest BCUT2D eigenvalue weighted by Crippen LogP contribution is 2.27. The summed E-state index contributed by atoms with van der Waals surface area (Å²) in [4.78, 5) is 17.3. The third-order valence-corrected chi connectivity index (χ3v) is 7.98. The summed E-state index contributed by atoms with van der Waals surface area (Å²) in [5.41, 5.74) is 1.40. The van der Waals surface area contributed by atoms with Crippen LogP contribution in [-0.4, -0.2) is 19.3 Å². The number of nitrogens with zero attached hydrogens (tertiary/aromatic N) is 1. The molecule has 0 saturated heterocycles. The zero-order valence-electron chi connectivity index (χ0n) is 16.8. The van der Waals surface area contributed by atoms with Crippen molar-refractivity contribution in [2.45, 2.75) is 30.2 Å².